The average molecular weight is 387 g/mol. The Balaban J connectivity index is 3.43. The fourth-order valence-electron chi connectivity index (χ4n) is 3.09. The molecule has 0 heterocycles. The van der Waals surface area contributed by atoms with E-state index in [1.165, 1.54) is 70.6 Å². The van der Waals surface area contributed by atoms with Crippen molar-refractivity contribution in [3.8, 4) is 0 Å². The smallest absolute Gasteiger partial charge is 0.240 e. The fraction of sp³-hybridized carbons (Fsp3) is 0.905. The van der Waals surface area contributed by atoms with Crippen molar-refractivity contribution in [2.24, 2.45) is 5.73 Å². The first-order chi connectivity index (χ1) is 12.6. The van der Waals surface area contributed by atoms with E-state index in [9.17, 15) is 9.59 Å². The number of hydrogen-bond donors (Lipinski definition) is 2. The van der Waals surface area contributed by atoms with Gasteiger partial charge in [-0.3, -0.25) is 9.59 Å². The van der Waals surface area contributed by atoms with Gasteiger partial charge in [-0.15, -0.1) is 0 Å². The van der Waals surface area contributed by atoms with Crippen LogP contribution in [0, 0.1) is 0 Å². The molecule has 0 spiro atoms. The first-order valence-electron chi connectivity index (χ1n) is 10.7. The summed E-state index contributed by atoms with van der Waals surface area (Å²) in [5, 5.41) is 2.77. The van der Waals surface area contributed by atoms with Crippen molar-refractivity contribution in [1.29, 1.82) is 0 Å². The molecule has 0 rings (SSSR count). The van der Waals surface area contributed by atoms with Crippen LogP contribution < -0.4 is 11.1 Å². The number of hydrogen-bond acceptors (Lipinski definition) is 3. The lowest BCUT2D eigenvalue weighted by molar-refractivity contribution is -0.127. The standard InChI is InChI=1S/C21H42N2O2S/c1-3-4-5-6-7-8-9-10-11-12-13-14-15-16-20(24)23-19(21(22)25)17-18-26-2/h19H,3-18H2,1-2H3,(H2,22,25)(H,23,24). The lowest BCUT2D eigenvalue weighted by Gasteiger charge is -2.14. The number of carbonyl (C=O) groups is 2. The number of primary amides is 1. The van der Waals surface area contributed by atoms with Crippen LogP contribution in [0.1, 0.15) is 103 Å². The van der Waals surface area contributed by atoms with Gasteiger partial charge in [0.15, 0.2) is 0 Å². The molecule has 0 aromatic rings. The van der Waals surface area contributed by atoms with Gasteiger partial charge in [0.2, 0.25) is 11.8 Å². The third kappa shape index (κ3) is 16.7. The summed E-state index contributed by atoms with van der Waals surface area (Å²) in [6.07, 6.45) is 19.9. The molecule has 1 unspecified atom stereocenters. The predicted molar refractivity (Wildman–Crippen MR) is 114 cm³/mol. The van der Waals surface area contributed by atoms with Crippen LogP contribution in [-0.4, -0.2) is 29.9 Å². The average Bonchev–Trinajstić information content (AvgIpc) is 2.62. The molecule has 1 atom stereocenters. The zero-order valence-corrected chi connectivity index (χ0v) is 18.0. The van der Waals surface area contributed by atoms with E-state index in [1.807, 2.05) is 6.26 Å². The largest absolute Gasteiger partial charge is 0.368 e. The zero-order chi connectivity index (χ0) is 19.5. The maximum Gasteiger partial charge on any atom is 0.240 e. The maximum absolute atomic E-state index is 11.9. The molecular weight excluding hydrogens is 344 g/mol. The molecule has 0 aliphatic rings. The minimum absolute atomic E-state index is 0.0435. The van der Waals surface area contributed by atoms with E-state index >= 15 is 0 Å². The Bertz CT molecular complexity index is 351. The molecule has 0 bridgehead atoms. The number of nitrogens with two attached hydrogens (primary N) is 1. The SMILES string of the molecule is CCCCCCCCCCCCCCCC(=O)NC(CCSC)C(N)=O. The topological polar surface area (TPSA) is 72.2 Å². The minimum Gasteiger partial charge on any atom is -0.368 e. The second-order valence-electron chi connectivity index (χ2n) is 7.30. The summed E-state index contributed by atoms with van der Waals surface area (Å²) in [6, 6.07) is -0.517. The molecule has 0 aromatic heterocycles. The molecule has 26 heavy (non-hydrogen) atoms. The number of rotatable bonds is 19. The Labute approximate surface area is 165 Å². The molecule has 0 radical (unpaired) electrons. The molecule has 0 aliphatic carbocycles. The van der Waals surface area contributed by atoms with Gasteiger partial charge in [0.05, 0.1) is 0 Å². The molecule has 154 valence electrons. The van der Waals surface area contributed by atoms with Gasteiger partial charge in [-0.2, -0.15) is 11.8 Å². The van der Waals surface area contributed by atoms with Gasteiger partial charge in [-0.25, -0.2) is 0 Å². The minimum atomic E-state index is -0.517. The number of nitrogens with one attached hydrogen (secondary N) is 1. The van der Waals surface area contributed by atoms with Gasteiger partial charge in [0.1, 0.15) is 6.04 Å². The van der Waals surface area contributed by atoms with Crippen LogP contribution in [-0.2, 0) is 9.59 Å². The summed E-state index contributed by atoms with van der Waals surface area (Å²) in [5.74, 6) is 0.350. The van der Waals surface area contributed by atoms with Crippen LogP contribution in [0.2, 0.25) is 0 Å². The zero-order valence-electron chi connectivity index (χ0n) is 17.2. The van der Waals surface area contributed by atoms with E-state index in [1.54, 1.807) is 11.8 Å². The number of carbonyl (C=O) groups excluding carboxylic acids is 2. The molecule has 4 nitrogen and oxygen atoms in total. The molecule has 5 heteroatoms. The summed E-state index contributed by atoms with van der Waals surface area (Å²) < 4.78 is 0. The third-order valence-electron chi connectivity index (χ3n) is 4.80. The normalized spacial score (nSPS) is 12.1. The van der Waals surface area contributed by atoms with Crippen LogP contribution >= 0.6 is 11.8 Å². The van der Waals surface area contributed by atoms with E-state index in [2.05, 4.69) is 12.2 Å². The quantitative estimate of drug-likeness (QED) is 0.300. The monoisotopic (exact) mass is 386 g/mol. The highest BCUT2D eigenvalue weighted by Gasteiger charge is 2.16. The Kier molecular flexibility index (Phi) is 18.5. The summed E-state index contributed by atoms with van der Waals surface area (Å²) >= 11 is 1.65. The van der Waals surface area contributed by atoms with Gasteiger partial charge in [-0.05, 0) is 24.9 Å². The molecule has 0 aromatic carbocycles. The van der Waals surface area contributed by atoms with Crippen molar-refractivity contribution in [3.05, 3.63) is 0 Å². The molecule has 0 aliphatic heterocycles. The van der Waals surface area contributed by atoms with E-state index in [0.717, 1.165) is 18.6 Å². The van der Waals surface area contributed by atoms with Crippen LogP contribution in [0.4, 0.5) is 0 Å². The lowest BCUT2D eigenvalue weighted by atomic mass is 10.0. The molecular formula is C21H42N2O2S. The summed E-state index contributed by atoms with van der Waals surface area (Å²) in [6.45, 7) is 2.26. The van der Waals surface area contributed by atoms with Crippen molar-refractivity contribution in [2.45, 2.75) is 109 Å². The lowest BCUT2D eigenvalue weighted by Crippen LogP contribution is -2.44. The number of amides is 2. The van der Waals surface area contributed by atoms with Crippen molar-refractivity contribution in [3.63, 3.8) is 0 Å². The fourth-order valence-corrected chi connectivity index (χ4v) is 3.56. The summed E-state index contributed by atoms with van der Waals surface area (Å²) in [4.78, 5) is 23.2. The Hall–Kier alpha value is -0.710. The Morgan fingerprint density at radius 1 is 0.846 bits per heavy atom. The van der Waals surface area contributed by atoms with Crippen molar-refractivity contribution < 1.29 is 9.59 Å². The number of unbranched alkanes of at least 4 members (excludes halogenated alkanes) is 12. The second kappa shape index (κ2) is 19.1. The van der Waals surface area contributed by atoms with Crippen LogP contribution in [0.25, 0.3) is 0 Å². The highest BCUT2D eigenvalue weighted by Crippen LogP contribution is 2.13. The van der Waals surface area contributed by atoms with Gasteiger partial charge >= 0.3 is 0 Å². The van der Waals surface area contributed by atoms with E-state index in [0.29, 0.717) is 12.8 Å². The summed E-state index contributed by atoms with van der Waals surface area (Å²) in [7, 11) is 0. The van der Waals surface area contributed by atoms with E-state index in [4.69, 9.17) is 5.73 Å². The van der Waals surface area contributed by atoms with E-state index < -0.39 is 11.9 Å². The van der Waals surface area contributed by atoms with Gasteiger partial charge in [0, 0.05) is 6.42 Å². The predicted octanol–water partition coefficient (Wildman–Crippen LogP) is 5.19. The molecule has 3 N–H and O–H groups in total. The molecule has 0 saturated carbocycles. The van der Waals surface area contributed by atoms with Gasteiger partial charge in [-0.1, -0.05) is 84.0 Å². The first kappa shape index (κ1) is 25.3. The maximum atomic E-state index is 11.9. The van der Waals surface area contributed by atoms with Crippen molar-refractivity contribution in [2.75, 3.05) is 12.0 Å². The van der Waals surface area contributed by atoms with Crippen LogP contribution in [0.3, 0.4) is 0 Å². The van der Waals surface area contributed by atoms with Crippen LogP contribution in [0.5, 0.6) is 0 Å². The number of thioether (sulfide) groups is 1. The Morgan fingerprint density at radius 2 is 1.31 bits per heavy atom. The Morgan fingerprint density at radius 3 is 1.73 bits per heavy atom. The molecule has 0 fully saturated rings. The summed E-state index contributed by atoms with van der Waals surface area (Å²) in [5.41, 5.74) is 5.34. The van der Waals surface area contributed by atoms with Crippen molar-refractivity contribution >= 4 is 23.6 Å². The van der Waals surface area contributed by atoms with E-state index in [-0.39, 0.29) is 5.91 Å². The van der Waals surface area contributed by atoms with Crippen molar-refractivity contribution in [1.82, 2.24) is 5.32 Å². The van der Waals surface area contributed by atoms with Gasteiger partial charge in [0.25, 0.3) is 0 Å². The van der Waals surface area contributed by atoms with Crippen LogP contribution in [0.15, 0.2) is 0 Å². The first-order valence-corrected chi connectivity index (χ1v) is 12.1. The highest BCUT2D eigenvalue weighted by atomic mass is 32.2. The highest BCUT2D eigenvalue weighted by molar-refractivity contribution is 7.98. The van der Waals surface area contributed by atoms with Gasteiger partial charge < -0.3 is 11.1 Å². The molecule has 0 saturated heterocycles. The third-order valence-corrected chi connectivity index (χ3v) is 5.44. The molecule has 2 amide bonds. The second-order valence-corrected chi connectivity index (χ2v) is 8.28.